The summed E-state index contributed by atoms with van der Waals surface area (Å²) in [5.41, 5.74) is 0. The number of ether oxygens (including phenoxy) is 2. The topological polar surface area (TPSA) is 108 Å². The average Bonchev–Trinajstić information content (AvgIpc) is 3.38. The fourth-order valence-corrected chi connectivity index (χ4v) is 8.87. The Bertz CT molecular complexity index is 1650. The van der Waals surface area contributed by atoms with E-state index in [0.29, 0.717) is 17.4 Å². The molecule has 2 unspecified atom stereocenters. The molecule has 0 heterocycles. The molecule has 0 aromatic carbocycles. The molecule has 0 aliphatic rings. The van der Waals surface area contributed by atoms with Crippen molar-refractivity contribution >= 4 is 19.8 Å². The number of carbonyl (C=O) groups excluding carboxylic acids is 2. The van der Waals surface area contributed by atoms with Crippen LogP contribution in [0.2, 0.25) is 0 Å². The van der Waals surface area contributed by atoms with E-state index in [9.17, 15) is 19.0 Å². The van der Waals surface area contributed by atoms with E-state index in [-0.39, 0.29) is 32.0 Å². The van der Waals surface area contributed by atoms with Gasteiger partial charge in [0.1, 0.15) is 19.8 Å². The number of hydrogen-bond acceptors (Lipinski definition) is 7. The molecule has 2 atom stereocenters. The number of carbonyl (C=O) groups is 2. The predicted molar refractivity (Wildman–Crippen MR) is 325 cm³/mol. The molecule has 0 saturated heterocycles. The smallest absolute Gasteiger partial charge is 0.462 e. The predicted octanol–water partition coefficient (Wildman–Crippen LogP) is 19.4. The van der Waals surface area contributed by atoms with Crippen LogP contribution in [0.5, 0.6) is 0 Å². The molecule has 0 fully saturated rings. The van der Waals surface area contributed by atoms with E-state index in [4.69, 9.17) is 18.5 Å². The molecule has 0 aromatic heterocycles. The number of unbranched alkanes of at least 4 members (excludes halogenated alkanes) is 23. The fourth-order valence-electron chi connectivity index (χ4n) is 8.13. The van der Waals surface area contributed by atoms with Gasteiger partial charge in [0, 0.05) is 12.8 Å². The van der Waals surface area contributed by atoms with Crippen LogP contribution in [0.15, 0.2) is 109 Å². The van der Waals surface area contributed by atoms with Crippen molar-refractivity contribution < 1.29 is 42.1 Å². The summed E-state index contributed by atoms with van der Waals surface area (Å²) in [7, 11) is 1.47. The summed E-state index contributed by atoms with van der Waals surface area (Å²) in [5.74, 6) is -0.799. The van der Waals surface area contributed by atoms with Gasteiger partial charge in [-0.2, -0.15) is 0 Å². The molecular formula is C66H115NO8P+. The Labute approximate surface area is 467 Å². The number of hydrogen-bond donors (Lipinski definition) is 1. The first-order chi connectivity index (χ1) is 37.0. The van der Waals surface area contributed by atoms with Crippen LogP contribution in [-0.4, -0.2) is 74.9 Å². The van der Waals surface area contributed by atoms with E-state index in [2.05, 4.69) is 123 Å². The zero-order chi connectivity index (χ0) is 55.6. The molecular weight excluding hydrogens is 966 g/mol. The molecule has 0 saturated carbocycles. The molecule has 76 heavy (non-hydrogen) atoms. The number of allylic oxidation sites excluding steroid dienone is 18. The normalized spacial score (nSPS) is 14.0. The van der Waals surface area contributed by atoms with Gasteiger partial charge in [0.05, 0.1) is 27.7 Å². The second-order valence-electron chi connectivity index (χ2n) is 21.4. The van der Waals surface area contributed by atoms with Crippen molar-refractivity contribution in [2.75, 3.05) is 47.5 Å². The molecule has 436 valence electrons. The van der Waals surface area contributed by atoms with Crippen LogP contribution >= 0.6 is 7.82 Å². The van der Waals surface area contributed by atoms with Crippen molar-refractivity contribution in [2.45, 2.75) is 251 Å². The van der Waals surface area contributed by atoms with Crippen molar-refractivity contribution in [3.63, 3.8) is 0 Å². The largest absolute Gasteiger partial charge is 0.472 e. The Balaban J connectivity index is 3.99. The second-order valence-corrected chi connectivity index (χ2v) is 22.8. The quantitative estimate of drug-likeness (QED) is 0.0211. The Morgan fingerprint density at radius 3 is 1.12 bits per heavy atom. The molecule has 0 amide bonds. The third-order valence-electron chi connectivity index (χ3n) is 12.8. The van der Waals surface area contributed by atoms with Crippen LogP contribution in [0, 0.1) is 0 Å². The molecule has 1 N–H and O–H groups in total. The van der Waals surface area contributed by atoms with Crippen LogP contribution in [0.1, 0.15) is 245 Å². The molecule has 0 aliphatic carbocycles. The standard InChI is InChI=1S/C66H114NO8P/c1-6-8-10-12-14-16-18-19-20-21-22-23-24-25-26-27-28-29-30-31-32-33-34-35-36-37-38-39-40-41-42-43-44-45-46-47-49-51-53-55-57-59-66(69)75-64(63-74-76(70,71)73-61-60-67(3,4)5)62-72-65(68)58-56-54-52-50-48-17-15-13-11-9-7-2/h8,10,14,16,19-20,22-23,25-26,28-29,31-32,34-35,37-38,64H,6-7,9,11-13,15,17-18,21,24,27,30,33,36,39-63H2,1-5H3/p+1/b10-8-,16-14-,20-19-,23-22-,26-25-,29-28-,32-31-,35-34-,38-37-. The van der Waals surface area contributed by atoms with Crippen LogP contribution < -0.4 is 0 Å². The highest BCUT2D eigenvalue weighted by molar-refractivity contribution is 7.47. The lowest BCUT2D eigenvalue weighted by Crippen LogP contribution is -2.37. The highest BCUT2D eigenvalue weighted by atomic mass is 31.2. The summed E-state index contributed by atoms with van der Waals surface area (Å²) in [6.07, 6.45) is 79.0. The first-order valence-corrected chi connectivity index (χ1v) is 32.1. The third kappa shape index (κ3) is 59.9. The van der Waals surface area contributed by atoms with E-state index in [1.54, 1.807) is 0 Å². The summed E-state index contributed by atoms with van der Waals surface area (Å²) < 4.78 is 34.5. The van der Waals surface area contributed by atoms with E-state index in [1.807, 2.05) is 21.1 Å². The minimum atomic E-state index is -4.38. The van der Waals surface area contributed by atoms with Crippen molar-refractivity contribution in [3.8, 4) is 0 Å². The van der Waals surface area contributed by atoms with Gasteiger partial charge in [0.15, 0.2) is 6.10 Å². The van der Waals surface area contributed by atoms with Gasteiger partial charge in [-0.25, -0.2) is 4.57 Å². The maximum Gasteiger partial charge on any atom is 0.472 e. The molecule has 0 radical (unpaired) electrons. The Morgan fingerprint density at radius 2 is 0.750 bits per heavy atom. The van der Waals surface area contributed by atoms with E-state index in [0.717, 1.165) is 96.3 Å². The monoisotopic (exact) mass is 1080 g/mol. The SMILES string of the molecule is CC/C=C\C/C=C\C/C=C\C/C=C\C/C=C\C/C=C\C/C=C\C/C=C\C/C=C\CCCCCCCCCCCCCCCC(=O)OC(COC(=O)CCCCCCCCCCCCC)COP(=O)(O)OCC[N+](C)(C)C. The zero-order valence-corrected chi connectivity index (χ0v) is 50.3. The van der Waals surface area contributed by atoms with Crippen LogP contribution in [0.4, 0.5) is 0 Å². The van der Waals surface area contributed by atoms with E-state index >= 15 is 0 Å². The Kier molecular flexibility index (Phi) is 53.9. The summed E-state index contributed by atoms with van der Waals surface area (Å²) in [6, 6.07) is 0. The lowest BCUT2D eigenvalue weighted by atomic mass is 10.0. The highest BCUT2D eigenvalue weighted by Gasteiger charge is 2.27. The van der Waals surface area contributed by atoms with Gasteiger partial charge in [-0.15, -0.1) is 0 Å². The van der Waals surface area contributed by atoms with Gasteiger partial charge in [-0.1, -0.05) is 258 Å². The third-order valence-corrected chi connectivity index (χ3v) is 13.8. The van der Waals surface area contributed by atoms with Crippen LogP contribution in [0.3, 0.4) is 0 Å². The van der Waals surface area contributed by atoms with Crippen LogP contribution in [-0.2, 0) is 32.7 Å². The van der Waals surface area contributed by atoms with Gasteiger partial charge in [-0.05, 0) is 83.5 Å². The number of nitrogens with zero attached hydrogens (tertiary/aromatic N) is 1. The Morgan fingerprint density at radius 1 is 0.421 bits per heavy atom. The number of quaternary nitrogens is 1. The lowest BCUT2D eigenvalue weighted by Gasteiger charge is -2.24. The van der Waals surface area contributed by atoms with Gasteiger partial charge in [-0.3, -0.25) is 18.6 Å². The van der Waals surface area contributed by atoms with Gasteiger partial charge in [0.25, 0.3) is 0 Å². The number of rotatable bonds is 55. The molecule has 0 spiro atoms. The first kappa shape index (κ1) is 72.7. The minimum Gasteiger partial charge on any atom is -0.462 e. The molecule has 0 aromatic rings. The summed E-state index contributed by atoms with van der Waals surface area (Å²) >= 11 is 0. The number of phosphoric acid groups is 1. The molecule has 0 rings (SSSR count). The molecule has 0 bridgehead atoms. The number of phosphoric ester groups is 1. The van der Waals surface area contributed by atoms with Crippen molar-refractivity contribution in [3.05, 3.63) is 109 Å². The van der Waals surface area contributed by atoms with E-state index < -0.39 is 26.5 Å². The Hall–Kier alpha value is -3.33. The van der Waals surface area contributed by atoms with Crippen LogP contribution in [0.25, 0.3) is 0 Å². The van der Waals surface area contributed by atoms with E-state index in [1.165, 1.54) is 116 Å². The fraction of sp³-hybridized carbons (Fsp3) is 0.697. The average molecular weight is 1080 g/mol. The zero-order valence-electron chi connectivity index (χ0n) is 49.5. The highest BCUT2D eigenvalue weighted by Crippen LogP contribution is 2.43. The molecule has 10 heteroatoms. The van der Waals surface area contributed by atoms with Crippen molar-refractivity contribution in [1.29, 1.82) is 0 Å². The van der Waals surface area contributed by atoms with Gasteiger partial charge >= 0.3 is 19.8 Å². The maximum absolute atomic E-state index is 12.8. The summed E-state index contributed by atoms with van der Waals surface area (Å²) in [6.45, 7) is 4.31. The molecule has 9 nitrogen and oxygen atoms in total. The second kappa shape index (κ2) is 56.4. The summed E-state index contributed by atoms with van der Waals surface area (Å²) in [5, 5.41) is 0. The molecule has 0 aliphatic heterocycles. The minimum absolute atomic E-state index is 0.0294. The lowest BCUT2D eigenvalue weighted by molar-refractivity contribution is -0.870. The maximum atomic E-state index is 12.8. The van der Waals surface area contributed by atoms with Gasteiger partial charge in [0.2, 0.25) is 0 Å². The first-order valence-electron chi connectivity index (χ1n) is 30.6. The number of esters is 2. The number of likely N-dealkylation sites (N-methyl/N-ethyl adjacent to an activating group) is 1. The van der Waals surface area contributed by atoms with Gasteiger partial charge < -0.3 is 18.9 Å². The summed E-state index contributed by atoms with van der Waals surface area (Å²) in [4.78, 5) is 35.6. The van der Waals surface area contributed by atoms with Crippen molar-refractivity contribution in [2.24, 2.45) is 0 Å². The van der Waals surface area contributed by atoms with Crippen molar-refractivity contribution in [1.82, 2.24) is 0 Å².